The third-order valence-corrected chi connectivity index (χ3v) is 9.74. The second kappa shape index (κ2) is 3.55. The van der Waals surface area contributed by atoms with Crippen molar-refractivity contribution in [1.82, 2.24) is 4.65 Å². The Bertz CT molecular complexity index is 246. The lowest BCUT2D eigenvalue weighted by Gasteiger charge is -2.33. The topological polar surface area (TPSA) is 12.0 Å². The highest BCUT2D eigenvalue weighted by Crippen LogP contribution is 2.22. The SMILES string of the molecule is C[Si](C)(C)N[Si](C)(C)C1=CC=CC1. The zero-order valence-corrected chi connectivity index (χ0v) is 11.4. The minimum Gasteiger partial charge on any atom is -0.356 e. The Morgan fingerprint density at radius 3 is 2.15 bits per heavy atom. The molecule has 0 unspecified atom stereocenters. The number of hydrogen-bond donors (Lipinski definition) is 1. The summed E-state index contributed by atoms with van der Waals surface area (Å²) < 4.78 is 3.91. The van der Waals surface area contributed by atoms with E-state index in [1.807, 2.05) is 0 Å². The maximum absolute atomic E-state index is 3.91. The van der Waals surface area contributed by atoms with E-state index in [1.165, 1.54) is 6.42 Å². The van der Waals surface area contributed by atoms with E-state index in [9.17, 15) is 0 Å². The fourth-order valence-electron chi connectivity index (χ4n) is 1.93. The van der Waals surface area contributed by atoms with Gasteiger partial charge in [0.2, 0.25) is 0 Å². The van der Waals surface area contributed by atoms with Gasteiger partial charge in [-0.2, -0.15) is 0 Å². The van der Waals surface area contributed by atoms with Gasteiger partial charge in [0.1, 0.15) is 16.5 Å². The predicted molar refractivity (Wildman–Crippen MR) is 65.8 cm³/mol. The molecule has 1 nitrogen and oxygen atoms in total. The summed E-state index contributed by atoms with van der Waals surface area (Å²) in [4.78, 5) is 0. The number of rotatable bonds is 3. The Balaban J connectivity index is 2.66. The molecule has 13 heavy (non-hydrogen) atoms. The molecule has 1 aliphatic rings. The molecule has 0 fully saturated rings. The highest BCUT2D eigenvalue weighted by molar-refractivity contribution is 6.94. The quantitative estimate of drug-likeness (QED) is 0.708. The summed E-state index contributed by atoms with van der Waals surface area (Å²) >= 11 is 0. The molecular formula is C10H21NSi2. The average Bonchev–Trinajstić information content (AvgIpc) is 2.29. The molecule has 0 saturated heterocycles. The minimum atomic E-state index is -1.30. The van der Waals surface area contributed by atoms with E-state index in [4.69, 9.17) is 0 Å². The van der Waals surface area contributed by atoms with Gasteiger partial charge in [-0.1, -0.05) is 56.2 Å². The van der Waals surface area contributed by atoms with Gasteiger partial charge in [0, 0.05) is 0 Å². The van der Waals surface area contributed by atoms with Crippen LogP contribution >= 0.6 is 0 Å². The van der Waals surface area contributed by atoms with E-state index < -0.39 is 16.5 Å². The molecule has 74 valence electrons. The van der Waals surface area contributed by atoms with Crippen LogP contribution in [0.2, 0.25) is 32.7 Å². The second-order valence-corrected chi connectivity index (χ2v) is 14.7. The highest BCUT2D eigenvalue weighted by atomic mass is 28.4. The molecule has 0 aliphatic heterocycles. The van der Waals surface area contributed by atoms with Crippen molar-refractivity contribution in [2.45, 2.75) is 39.2 Å². The van der Waals surface area contributed by atoms with Crippen LogP contribution in [0.25, 0.3) is 0 Å². The summed E-state index contributed by atoms with van der Waals surface area (Å²) in [5.74, 6) is 0. The number of nitrogens with one attached hydrogen (secondary N) is 1. The third kappa shape index (κ3) is 3.25. The highest BCUT2D eigenvalue weighted by Gasteiger charge is 2.31. The van der Waals surface area contributed by atoms with Crippen molar-refractivity contribution in [3.63, 3.8) is 0 Å². The van der Waals surface area contributed by atoms with Crippen LogP contribution in [-0.4, -0.2) is 16.5 Å². The van der Waals surface area contributed by atoms with Crippen molar-refractivity contribution in [2.24, 2.45) is 0 Å². The van der Waals surface area contributed by atoms with Crippen LogP contribution in [0.3, 0.4) is 0 Å². The molecule has 1 N–H and O–H groups in total. The molecule has 1 rings (SSSR count). The van der Waals surface area contributed by atoms with Gasteiger partial charge in [-0.3, -0.25) is 0 Å². The number of allylic oxidation sites excluding steroid dienone is 4. The molecule has 0 aromatic carbocycles. The minimum absolute atomic E-state index is 1.12. The Morgan fingerprint density at radius 2 is 1.77 bits per heavy atom. The van der Waals surface area contributed by atoms with E-state index in [1.54, 1.807) is 5.20 Å². The van der Waals surface area contributed by atoms with Gasteiger partial charge in [0.05, 0.1) is 0 Å². The fourth-order valence-corrected chi connectivity index (χ4v) is 11.2. The molecule has 0 saturated carbocycles. The van der Waals surface area contributed by atoms with E-state index in [0.29, 0.717) is 0 Å². The fraction of sp³-hybridized carbons (Fsp3) is 0.600. The molecule has 0 heterocycles. The Hall–Kier alpha value is -0.126. The zero-order valence-electron chi connectivity index (χ0n) is 9.44. The van der Waals surface area contributed by atoms with Gasteiger partial charge >= 0.3 is 0 Å². The average molecular weight is 211 g/mol. The van der Waals surface area contributed by atoms with Crippen LogP contribution in [-0.2, 0) is 0 Å². The first-order valence-corrected chi connectivity index (χ1v) is 11.5. The van der Waals surface area contributed by atoms with Crippen molar-refractivity contribution in [3.05, 3.63) is 23.4 Å². The summed E-state index contributed by atoms with van der Waals surface area (Å²) in [5, 5.41) is 1.65. The Morgan fingerprint density at radius 1 is 1.15 bits per heavy atom. The van der Waals surface area contributed by atoms with Gasteiger partial charge in [0.15, 0.2) is 0 Å². The van der Waals surface area contributed by atoms with Crippen molar-refractivity contribution < 1.29 is 0 Å². The first-order chi connectivity index (χ1) is 5.81. The smallest absolute Gasteiger partial charge is 0.141 e. The molecule has 0 spiro atoms. The van der Waals surface area contributed by atoms with Crippen molar-refractivity contribution in [1.29, 1.82) is 0 Å². The predicted octanol–water partition coefficient (Wildman–Crippen LogP) is 3.04. The second-order valence-electron chi connectivity index (χ2n) is 5.32. The molecule has 0 bridgehead atoms. The van der Waals surface area contributed by atoms with E-state index >= 15 is 0 Å². The first kappa shape index (κ1) is 11.0. The van der Waals surface area contributed by atoms with Crippen LogP contribution in [0.5, 0.6) is 0 Å². The maximum Gasteiger partial charge on any atom is 0.141 e. The number of hydrogen-bond acceptors (Lipinski definition) is 1. The Kier molecular flexibility index (Phi) is 2.99. The summed E-state index contributed by atoms with van der Waals surface area (Å²) in [6, 6.07) is 0. The summed E-state index contributed by atoms with van der Waals surface area (Å²) in [6.07, 6.45) is 7.93. The first-order valence-electron chi connectivity index (χ1n) is 4.97. The standard InChI is InChI=1S/C10H21NSi2/c1-12(2,3)11-13(4,5)10-8-6-7-9-10/h6-8,11H,9H2,1-5H3. The summed E-state index contributed by atoms with van der Waals surface area (Å²) in [7, 11) is -2.41. The van der Waals surface area contributed by atoms with Gasteiger partial charge in [0.25, 0.3) is 0 Å². The van der Waals surface area contributed by atoms with Gasteiger partial charge in [-0.15, -0.1) is 0 Å². The molecule has 3 heteroatoms. The monoisotopic (exact) mass is 211 g/mol. The summed E-state index contributed by atoms with van der Waals surface area (Å²) in [6.45, 7) is 12.0. The molecule has 0 radical (unpaired) electrons. The molecular weight excluding hydrogens is 190 g/mol. The lowest BCUT2D eigenvalue weighted by atomic mass is 10.5. The zero-order chi connectivity index (χ0) is 10.1. The van der Waals surface area contributed by atoms with E-state index in [2.05, 4.69) is 55.6 Å². The Labute approximate surface area is 84.1 Å². The van der Waals surface area contributed by atoms with Crippen molar-refractivity contribution in [3.8, 4) is 0 Å². The molecule has 0 aromatic rings. The maximum atomic E-state index is 3.91. The van der Waals surface area contributed by atoms with E-state index in [0.717, 1.165) is 0 Å². The normalized spacial score (nSPS) is 17.8. The van der Waals surface area contributed by atoms with Crippen LogP contribution < -0.4 is 4.65 Å². The van der Waals surface area contributed by atoms with Crippen LogP contribution in [0.15, 0.2) is 23.4 Å². The van der Waals surface area contributed by atoms with Gasteiger partial charge in [-0.05, 0) is 6.42 Å². The third-order valence-electron chi connectivity index (χ3n) is 2.26. The lowest BCUT2D eigenvalue weighted by Crippen LogP contribution is -2.58. The van der Waals surface area contributed by atoms with Crippen LogP contribution in [0.4, 0.5) is 0 Å². The molecule has 0 amide bonds. The summed E-state index contributed by atoms with van der Waals surface area (Å²) in [5.41, 5.74) is 0. The van der Waals surface area contributed by atoms with Crippen molar-refractivity contribution >= 4 is 16.5 Å². The van der Waals surface area contributed by atoms with E-state index in [-0.39, 0.29) is 0 Å². The molecule has 0 atom stereocenters. The largest absolute Gasteiger partial charge is 0.356 e. The molecule has 1 aliphatic carbocycles. The van der Waals surface area contributed by atoms with Gasteiger partial charge < -0.3 is 4.65 Å². The van der Waals surface area contributed by atoms with Crippen LogP contribution in [0, 0.1) is 0 Å². The van der Waals surface area contributed by atoms with Crippen molar-refractivity contribution in [2.75, 3.05) is 0 Å². The van der Waals surface area contributed by atoms with Crippen LogP contribution in [0.1, 0.15) is 6.42 Å². The van der Waals surface area contributed by atoms with Gasteiger partial charge in [-0.25, -0.2) is 0 Å². The molecule has 0 aromatic heterocycles. The lowest BCUT2D eigenvalue weighted by molar-refractivity contribution is 1.24.